The molecule has 0 aromatic carbocycles. The molecule has 2 fully saturated rings. The number of hydrogen-bond acceptors (Lipinski definition) is 13. The molecule has 0 aromatic heterocycles. The number of carbonyl (C=O) groups is 1. The summed E-state index contributed by atoms with van der Waals surface area (Å²) in [6.07, 6.45) is 46.0. The predicted octanol–water partition coefficient (Wildman–Crippen LogP) is 10.3. The fourth-order valence-electron chi connectivity index (χ4n) is 9.54. The zero-order chi connectivity index (χ0) is 55.3. The maximum Gasteiger partial charge on any atom is 0.220 e. The highest BCUT2D eigenvalue weighted by molar-refractivity contribution is 5.76. The SMILES string of the molecule is CC/C=C\C/C=C\C/C=C\C/C=C\CCCCCCCCCCCCCCCCCCCCCCCCC(=O)NC(COC1OC(CO)C(OC2OC(CO)C(O)C(O)C2O)C(O)C1O)C(O)/C=C/CC/C=C/CCC. The van der Waals surface area contributed by atoms with Crippen LogP contribution in [-0.4, -0.2) is 140 Å². The molecule has 2 saturated heterocycles. The van der Waals surface area contributed by atoms with Gasteiger partial charge in [0.05, 0.1) is 32.0 Å². The van der Waals surface area contributed by atoms with Crippen LogP contribution in [0, 0.1) is 0 Å². The van der Waals surface area contributed by atoms with Gasteiger partial charge in [-0.1, -0.05) is 222 Å². The van der Waals surface area contributed by atoms with Crippen molar-refractivity contribution in [2.45, 2.75) is 293 Å². The van der Waals surface area contributed by atoms with Gasteiger partial charge in [-0.05, 0) is 64.2 Å². The van der Waals surface area contributed by atoms with Gasteiger partial charge in [0.2, 0.25) is 5.91 Å². The summed E-state index contributed by atoms with van der Waals surface area (Å²) in [6.45, 7) is 2.54. The van der Waals surface area contributed by atoms with E-state index in [0.717, 1.165) is 64.2 Å². The average molecular weight is 1080 g/mol. The molecule has 12 atom stereocenters. The number of ether oxygens (including phenoxy) is 4. The topological polar surface area (TPSA) is 228 Å². The van der Waals surface area contributed by atoms with E-state index in [2.05, 4.69) is 79.9 Å². The first-order valence-corrected chi connectivity index (χ1v) is 30.2. The number of amides is 1. The lowest BCUT2D eigenvalue weighted by molar-refractivity contribution is -0.359. The highest BCUT2D eigenvalue weighted by Crippen LogP contribution is 2.30. The van der Waals surface area contributed by atoms with E-state index in [-0.39, 0.29) is 18.9 Å². The first kappa shape index (κ1) is 69.5. The minimum absolute atomic E-state index is 0.253. The van der Waals surface area contributed by atoms with E-state index in [1.807, 2.05) is 6.08 Å². The summed E-state index contributed by atoms with van der Waals surface area (Å²) < 4.78 is 22.6. The van der Waals surface area contributed by atoms with Crippen LogP contribution in [0.3, 0.4) is 0 Å². The zero-order valence-electron chi connectivity index (χ0n) is 47.2. The number of carbonyl (C=O) groups excluding carboxylic acids is 1. The molecule has 0 spiro atoms. The molecule has 0 radical (unpaired) electrons. The second-order valence-electron chi connectivity index (χ2n) is 21.1. The molecule has 9 N–H and O–H groups in total. The number of hydrogen-bond donors (Lipinski definition) is 9. The van der Waals surface area contributed by atoms with E-state index in [0.29, 0.717) is 12.8 Å². The van der Waals surface area contributed by atoms with Gasteiger partial charge in [0.15, 0.2) is 12.6 Å². The van der Waals surface area contributed by atoms with Crippen LogP contribution in [0.1, 0.15) is 219 Å². The highest BCUT2D eigenvalue weighted by Gasteiger charge is 2.51. The van der Waals surface area contributed by atoms with Crippen molar-refractivity contribution in [3.8, 4) is 0 Å². The quantitative estimate of drug-likeness (QED) is 0.0204. The van der Waals surface area contributed by atoms with Gasteiger partial charge in [-0.2, -0.15) is 0 Å². The van der Waals surface area contributed by atoms with Crippen LogP contribution in [0.2, 0.25) is 0 Å². The van der Waals surface area contributed by atoms with Gasteiger partial charge >= 0.3 is 0 Å². The smallest absolute Gasteiger partial charge is 0.220 e. The Morgan fingerprint density at radius 2 is 0.921 bits per heavy atom. The third kappa shape index (κ3) is 32.5. The Kier molecular flexibility index (Phi) is 43.2. The first-order valence-electron chi connectivity index (χ1n) is 30.2. The predicted molar refractivity (Wildman–Crippen MR) is 304 cm³/mol. The summed E-state index contributed by atoms with van der Waals surface area (Å²) in [6, 6.07) is -0.929. The third-order valence-electron chi connectivity index (χ3n) is 14.4. The normalized spacial score (nSPS) is 25.4. The number of unbranched alkanes of at least 4 members (excludes halogenated alkanes) is 24. The number of rotatable bonds is 47. The number of aliphatic hydroxyl groups is 8. The van der Waals surface area contributed by atoms with Gasteiger partial charge in [0.1, 0.15) is 48.8 Å². The van der Waals surface area contributed by atoms with Crippen LogP contribution in [0.25, 0.3) is 0 Å². The molecule has 14 heteroatoms. The zero-order valence-corrected chi connectivity index (χ0v) is 47.2. The molecule has 76 heavy (non-hydrogen) atoms. The monoisotopic (exact) mass is 1080 g/mol. The molecule has 14 nitrogen and oxygen atoms in total. The van der Waals surface area contributed by atoms with E-state index in [9.17, 15) is 45.6 Å². The lowest BCUT2D eigenvalue weighted by atomic mass is 9.97. The molecule has 2 rings (SSSR count). The second-order valence-corrected chi connectivity index (χ2v) is 21.1. The summed E-state index contributed by atoms with van der Waals surface area (Å²) in [5.74, 6) is -0.253. The Morgan fingerprint density at radius 1 is 0.487 bits per heavy atom. The van der Waals surface area contributed by atoms with Gasteiger partial charge in [0, 0.05) is 6.42 Å². The van der Waals surface area contributed by atoms with Gasteiger partial charge in [-0.25, -0.2) is 0 Å². The van der Waals surface area contributed by atoms with Crippen molar-refractivity contribution >= 4 is 5.91 Å². The molecule has 2 aliphatic rings. The summed E-state index contributed by atoms with van der Waals surface area (Å²) >= 11 is 0. The lowest BCUT2D eigenvalue weighted by Gasteiger charge is -2.46. The fourth-order valence-corrected chi connectivity index (χ4v) is 9.54. The van der Waals surface area contributed by atoms with Crippen LogP contribution >= 0.6 is 0 Å². The van der Waals surface area contributed by atoms with Crippen molar-refractivity contribution in [2.75, 3.05) is 19.8 Å². The van der Waals surface area contributed by atoms with E-state index in [1.165, 1.54) is 122 Å². The summed E-state index contributed by atoms with van der Waals surface area (Å²) in [4.78, 5) is 13.2. The Morgan fingerprint density at radius 3 is 1.43 bits per heavy atom. The molecular weight excluding hydrogens is 967 g/mol. The molecule has 2 heterocycles. The largest absolute Gasteiger partial charge is 0.394 e. The van der Waals surface area contributed by atoms with Gasteiger partial charge in [-0.15, -0.1) is 0 Å². The van der Waals surface area contributed by atoms with E-state index in [1.54, 1.807) is 6.08 Å². The summed E-state index contributed by atoms with van der Waals surface area (Å²) in [5, 5.41) is 86.6. The standard InChI is InChI=1S/C62H109NO13/c1-3-5-7-9-11-12-13-14-15-16-17-18-19-20-21-22-23-24-25-26-27-28-29-30-31-32-33-34-35-36-37-38-40-42-44-46-54(67)63-50(51(66)45-43-41-39-10-8-6-4-2)49-73-61-59(72)57(70)60(53(48-65)75-61)76-62-58(71)56(69)55(68)52(47-64)74-62/h5,7-8,10-12,14-15,17-18,43,45,50-53,55-62,64-66,68-72H,3-4,6,9,13,16,19-42,44,46-49H2,1-2H3,(H,63,67)/b7-5-,10-8+,12-11-,15-14-,18-17-,45-43+. The minimum atomic E-state index is -1.79. The maximum atomic E-state index is 13.2. The van der Waals surface area contributed by atoms with Crippen LogP contribution in [-0.2, 0) is 23.7 Å². The fraction of sp³-hybridized carbons (Fsp3) is 0.790. The Balaban J connectivity index is 1.54. The van der Waals surface area contributed by atoms with Crippen molar-refractivity contribution in [3.63, 3.8) is 0 Å². The molecule has 0 bridgehead atoms. The van der Waals surface area contributed by atoms with Gasteiger partial charge < -0.3 is 65.1 Å². The lowest BCUT2D eigenvalue weighted by Crippen LogP contribution is -2.65. The van der Waals surface area contributed by atoms with Crippen LogP contribution in [0.15, 0.2) is 72.9 Å². The highest BCUT2D eigenvalue weighted by atomic mass is 16.7. The van der Waals surface area contributed by atoms with E-state index in [4.69, 9.17) is 18.9 Å². The maximum absolute atomic E-state index is 13.2. The number of allylic oxidation sites excluding steroid dienone is 11. The van der Waals surface area contributed by atoms with Crippen LogP contribution < -0.4 is 5.32 Å². The van der Waals surface area contributed by atoms with Gasteiger partial charge in [0.25, 0.3) is 0 Å². The molecule has 0 aliphatic carbocycles. The van der Waals surface area contributed by atoms with Crippen molar-refractivity contribution < 1.29 is 64.6 Å². The number of nitrogens with one attached hydrogen (secondary N) is 1. The van der Waals surface area contributed by atoms with Crippen LogP contribution in [0.4, 0.5) is 0 Å². The third-order valence-corrected chi connectivity index (χ3v) is 14.4. The van der Waals surface area contributed by atoms with Gasteiger partial charge in [-0.3, -0.25) is 4.79 Å². The van der Waals surface area contributed by atoms with Crippen LogP contribution in [0.5, 0.6) is 0 Å². The van der Waals surface area contributed by atoms with Crippen molar-refractivity contribution in [1.82, 2.24) is 5.32 Å². The molecule has 0 aromatic rings. The molecule has 1 amide bonds. The average Bonchev–Trinajstić information content (AvgIpc) is 3.42. The van der Waals surface area contributed by atoms with Crippen molar-refractivity contribution in [2.24, 2.45) is 0 Å². The minimum Gasteiger partial charge on any atom is -0.394 e. The first-order chi connectivity index (χ1) is 37.1. The summed E-state index contributed by atoms with van der Waals surface area (Å²) in [5.41, 5.74) is 0. The van der Waals surface area contributed by atoms with E-state index >= 15 is 0 Å². The van der Waals surface area contributed by atoms with Crippen molar-refractivity contribution in [3.05, 3.63) is 72.9 Å². The Hall–Kier alpha value is -2.57. The van der Waals surface area contributed by atoms with Crippen molar-refractivity contribution in [1.29, 1.82) is 0 Å². The second kappa shape index (κ2) is 47.3. The molecule has 0 saturated carbocycles. The summed E-state index contributed by atoms with van der Waals surface area (Å²) in [7, 11) is 0. The molecule has 2 aliphatic heterocycles. The molecule has 12 unspecified atom stereocenters. The Bertz CT molecular complexity index is 1550. The number of aliphatic hydroxyl groups excluding tert-OH is 8. The van der Waals surface area contributed by atoms with E-state index < -0.39 is 86.8 Å². The Labute approximate surface area is 459 Å². The molecular formula is C62H109NO13. The molecule has 440 valence electrons.